The smallest absolute Gasteiger partial charge is 0.243 e. The van der Waals surface area contributed by atoms with E-state index in [0.717, 1.165) is 24.1 Å². The number of hydrogen-bond donors (Lipinski definition) is 0. The second-order valence-corrected chi connectivity index (χ2v) is 10.9. The summed E-state index contributed by atoms with van der Waals surface area (Å²) in [5.74, 6) is 0. The lowest BCUT2D eigenvalue weighted by atomic mass is 10.0. The van der Waals surface area contributed by atoms with Crippen molar-refractivity contribution in [2.75, 3.05) is 26.3 Å². The quantitative estimate of drug-likeness (QED) is 0.674. The first kappa shape index (κ1) is 22.5. The Balaban J connectivity index is 1.44. The molecule has 0 aromatic heterocycles. The van der Waals surface area contributed by atoms with Crippen LogP contribution in [0.3, 0.4) is 0 Å². The number of likely N-dealkylation sites (tertiary alicyclic amines) is 1. The molecule has 2 saturated heterocycles. The van der Waals surface area contributed by atoms with Crippen molar-refractivity contribution in [3.05, 3.63) is 54.1 Å². The fraction of sp³-hybridized carbons (Fsp3) is 0.520. The number of morpholine rings is 1. The van der Waals surface area contributed by atoms with Crippen molar-refractivity contribution >= 4 is 10.0 Å². The number of benzene rings is 2. The fourth-order valence-corrected chi connectivity index (χ4v) is 6.66. The van der Waals surface area contributed by atoms with Gasteiger partial charge >= 0.3 is 0 Å². The third-order valence-corrected chi connectivity index (χ3v) is 8.82. The van der Waals surface area contributed by atoms with Crippen LogP contribution in [-0.2, 0) is 21.2 Å². The van der Waals surface area contributed by atoms with Gasteiger partial charge in [-0.3, -0.25) is 0 Å². The van der Waals surface area contributed by atoms with Crippen molar-refractivity contribution in [3.63, 3.8) is 0 Å². The topological polar surface area (TPSA) is 49.9 Å². The van der Waals surface area contributed by atoms with Gasteiger partial charge < -0.3 is 9.64 Å². The summed E-state index contributed by atoms with van der Waals surface area (Å²) in [6, 6.07) is 16.3. The van der Waals surface area contributed by atoms with Gasteiger partial charge in [0.05, 0.1) is 18.1 Å². The SMILES string of the molecule is CC1COCC(C)N1S(=O)(=O)c1ccc(-c2ccc(CCN3CCC[C@H]3C)cc2)cc1. The fourth-order valence-electron chi connectivity index (χ4n) is 4.87. The summed E-state index contributed by atoms with van der Waals surface area (Å²) >= 11 is 0. The number of ether oxygens (including phenoxy) is 1. The maximum Gasteiger partial charge on any atom is 0.243 e. The average molecular weight is 443 g/mol. The van der Waals surface area contributed by atoms with E-state index < -0.39 is 10.0 Å². The van der Waals surface area contributed by atoms with Crippen LogP contribution in [0.4, 0.5) is 0 Å². The molecule has 2 aliphatic rings. The molecule has 2 aliphatic heterocycles. The molecule has 5 nitrogen and oxygen atoms in total. The second-order valence-electron chi connectivity index (χ2n) is 9.07. The molecule has 2 heterocycles. The van der Waals surface area contributed by atoms with Crippen molar-refractivity contribution in [2.45, 2.75) is 63.1 Å². The lowest BCUT2D eigenvalue weighted by Gasteiger charge is -2.37. The summed E-state index contributed by atoms with van der Waals surface area (Å²) in [5.41, 5.74) is 3.48. The first-order valence-corrected chi connectivity index (χ1v) is 12.8. The van der Waals surface area contributed by atoms with Crippen LogP contribution in [-0.4, -0.2) is 62.1 Å². The van der Waals surface area contributed by atoms with Crippen molar-refractivity contribution in [2.24, 2.45) is 0 Å². The molecular formula is C25H34N2O3S. The maximum atomic E-state index is 13.2. The van der Waals surface area contributed by atoms with Crippen molar-refractivity contribution in [3.8, 4) is 11.1 Å². The molecule has 0 amide bonds. The Hall–Kier alpha value is -1.73. The highest BCUT2D eigenvalue weighted by atomic mass is 32.2. The molecule has 2 unspecified atom stereocenters. The number of sulfonamides is 1. The predicted molar refractivity (Wildman–Crippen MR) is 125 cm³/mol. The van der Waals surface area contributed by atoms with E-state index in [-0.39, 0.29) is 12.1 Å². The van der Waals surface area contributed by atoms with Crippen molar-refractivity contribution < 1.29 is 13.2 Å². The van der Waals surface area contributed by atoms with E-state index in [9.17, 15) is 8.42 Å². The van der Waals surface area contributed by atoms with Crippen LogP contribution in [0.2, 0.25) is 0 Å². The van der Waals surface area contributed by atoms with E-state index in [1.165, 1.54) is 24.9 Å². The molecule has 3 atom stereocenters. The molecule has 2 aromatic rings. The summed E-state index contributed by atoms with van der Waals surface area (Å²) < 4.78 is 33.4. The lowest BCUT2D eigenvalue weighted by Crippen LogP contribution is -2.52. The van der Waals surface area contributed by atoms with E-state index in [0.29, 0.717) is 24.2 Å². The minimum atomic E-state index is -3.54. The van der Waals surface area contributed by atoms with Crippen LogP contribution in [0.5, 0.6) is 0 Å². The summed E-state index contributed by atoms with van der Waals surface area (Å²) in [5, 5.41) is 0. The molecule has 6 heteroatoms. The van der Waals surface area contributed by atoms with E-state index in [1.807, 2.05) is 26.0 Å². The van der Waals surface area contributed by atoms with E-state index in [2.05, 4.69) is 36.1 Å². The maximum absolute atomic E-state index is 13.2. The highest BCUT2D eigenvalue weighted by Crippen LogP contribution is 2.27. The van der Waals surface area contributed by atoms with E-state index in [4.69, 9.17) is 4.74 Å². The standard InChI is InChI=1S/C25H34N2O3S/c1-19-5-4-15-26(19)16-14-22-6-8-23(9-7-22)24-10-12-25(13-11-24)31(28,29)27-20(2)17-30-18-21(27)3/h6-13,19-21H,4-5,14-18H2,1-3H3/t19-,20?,21?/m1/s1. The van der Waals surface area contributed by atoms with Crippen LogP contribution >= 0.6 is 0 Å². The van der Waals surface area contributed by atoms with Crippen molar-refractivity contribution in [1.82, 2.24) is 9.21 Å². The molecule has 2 aromatic carbocycles. The van der Waals surface area contributed by atoms with Crippen LogP contribution in [0.25, 0.3) is 11.1 Å². The Morgan fingerprint density at radius 2 is 1.45 bits per heavy atom. The van der Waals surface area contributed by atoms with Gasteiger partial charge in [0.15, 0.2) is 0 Å². The molecule has 0 radical (unpaired) electrons. The predicted octanol–water partition coefficient (Wildman–Crippen LogP) is 4.18. The lowest BCUT2D eigenvalue weighted by molar-refractivity contribution is 0.00636. The first-order valence-electron chi connectivity index (χ1n) is 11.4. The summed E-state index contributed by atoms with van der Waals surface area (Å²) in [6.45, 7) is 9.32. The molecular weight excluding hydrogens is 408 g/mol. The Kier molecular flexibility index (Phi) is 6.82. The monoisotopic (exact) mass is 442 g/mol. The van der Waals surface area contributed by atoms with Gasteiger partial charge in [0.2, 0.25) is 10.0 Å². The zero-order valence-corrected chi connectivity index (χ0v) is 19.6. The number of nitrogens with zero attached hydrogens (tertiary/aromatic N) is 2. The molecule has 0 saturated carbocycles. The minimum absolute atomic E-state index is 0.162. The molecule has 0 aliphatic carbocycles. The van der Waals surface area contributed by atoms with Gasteiger partial charge in [-0.05, 0) is 75.4 Å². The molecule has 168 valence electrons. The number of hydrogen-bond acceptors (Lipinski definition) is 4. The van der Waals surface area contributed by atoms with Crippen molar-refractivity contribution in [1.29, 1.82) is 0 Å². The molecule has 31 heavy (non-hydrogen) atoms. The molecule has 0 bridgehead atoms. The second kappa shape index (κ2) is 9.41. The Morgan fingerprint density at radius 1 is 0.871 bits per heavy atom. The van der Waals surface area contributed by atoms with Gasteiger partial charge in [-0.2, -0.15) is 4.31 Å². The Morgan fingerprint density at radius 3 is 2.00 bits per heavy atom. The van der Waals surface area contributed by atoms with Gasteiger partial charge in [-0.25, -0.2) is 8.42 Å². The zero-order chi connectivity index (χ0) is 22.0. The van der Waals surface area contributed by atoms with Gasteiger partial charge in [0, 0.05) is 24.7 Å². The van der Waals surface area contributed by atoms with Gasteiger partial charge in [-0.1, -0.05) is 36.4 Å². The third-order valence-electron chi connectivity index (χ3n) is 6.68. The Bertz CT molecular complexity index is 963. The molecule has 0 N–H and O–H groups in total. The van der Waals surface area contributed by atoms with Crippen LogP contribution in [0.15, 0.2) is 53.4 Å². The van der Waals surface area contributed by atoms with Gasteiger partial charge in [0.25, 0.3) is 0 Å². The highest BCUT2D eigenvalue weighted by molar-refractivity contribution is 7.89. The zero-order valence-electron chi connectivity index (χ0n) is 18.8. The minimum Gasteiger partial charge on any atom is -0.378 e. The van der Waals surface area contributed by atoms with Gasteiger partial charge in [0.1, 0.15) is 0 Å². The molecule has 4 rings (SSSR count). The van der Waals surface area contributed by atoms with Crippen LogP contribution < -0.4 is 0 Å². The largest absolute Gasteiger partial charge is 0.378 e. The van der Waals surface area contributed by atoms with E-state index in [1.54, 1.807) is 16.4 Å². The van der Waals surface area contributed by atoms with Gasteiger partial charge in [-0.15, -0.1) is 0 Å². The highest BCUT2D eigenvalue weighted by Gasteiger charge is 2.36. The third kappa shape index (κ3) is 4.87. The summed E-state index contributed by atoms with van der Waals surface area (Å²) in [6.07, 6.45) is 3.70. The van der Waals surface area contributed by atoms with E-state index >= 15 is 0 Å². The average Bonchev–Trinajstić information content (AvgIpc) is 3.17. The first-order chi connectivity index (χ1) is 14.9. The Labute approximate surface area is 187 Å². The summed E-state index contributed by atoms with van der Waals surface area (Å²) in [7, 11) is -3.54. The summed E-state index contributed by atoms with van der Waals surface area (Å²) in [4.78, 5) is 2.91. The normalized spacial score (nSPS) is 25.7. The number of rotatable bonds is 6. The molecule has 2 fully saturated rings. The molecule has 0 spiro atoms. The van der Waals surface area contributed by atoms with Crippen LogP contribution in [0, 0.1) is 0 Å². The van der Waals surface area contributed by atoms with Crippen LogP contribution in [0.1, 0.15) is 39.2 Å².